The maximum atomic E-state index is 11.3. The van der Waals surface area contributed by atoms with Gasteiger partial charge in [0.25, 0.3) is 0 Å². The van der Waals surface area contributed by atoms with Gasteiger partial charge in [0.2, 0.25) is 5.91 Å². The van der Waals surface area contributed by atoms with Crippen molar-refractivity contribution in [3.63, 3.8) is 0 Å². The predicted molar refractivity (Wildman–Crippen MR) is 71.0 cm³/mol. The molecule has 1 amide bonds. The summed E-state index contributed by atoms with van der Waals surface area (Å²) in [5.74, 6) is 0.0629. The molecule has 1 saturated carbocycles. The second kappa shape index (κ2) is 4.07. The monoisotopic (exact) mass is 245 g/mol. The fourth-order valence-electron chi connectivity index (χ4n) is 3.07. The van der Waals surface area contributed by atoms with Crippen molar-refractivity contribution < 1.29 is 4.79 Å². The second-order valence-electron chi connectivity index (χ2n) is 5.54. The summed E-state index contributed by atoms with van der Waals surface area (Å²) in [5.41, 5.74) is 15.4. The first-order chi connectivity index (χ1) is 8.64. The molecule has 1 aromatic rings. The molecule has 0 spiro atoms. The Labute approximate surface area is 107 Å². The molecule has 4 heteroatoms. The molecule has 1 aliphatic heterocycles. The highest BCUT2D eigenvalue weighted by molar-refractivity contribution is 5.99. The molecule has 1 unspecified atom stereocenters. The molecule has 5 N–H and O–H groups in total. The van der Waals surface area contributed by atoms with Gasteiger partial charge in [0.1, 0.15) is 0 Å². The summed E-state index contributed by atoms with van der Waals surface area (Å²) in [5, 5.41) is 2.84. The van der Waals surface area contributed by atoms with Gasteiger partial charge in [-0.1, -0.05) is 18.6 Å². The fraction of sp³-hybridized carbons (Fsp3) is 0.500. The van der Waals surface area contributed by atoms with Gasteiger partial charge in [0.05, 0.1) is 6.42 Å². The third-order valence-electron chi connectivity index (χ3n) is 4.53. The summed E-state index contributed by atoms with van der Waals surface area (Å²) >= 11 is 0. The first-order valence-electron chi connectivity index (χ1n) is 6.53. The Balaban J connectivity index is 1.89. The molecule has 1 fully saturated rings. The minimum Gasteiger partial charge on any atom is -0.330 e. The Morgan fingerprint density at radius 1 is 1.39 bits per heavy atom. The number of carbonyl (C=O) groups is 1. The van der Waals surface area contributed by atoms with E-state index >= 15 is 0 Å². The number of benzene rings is 1. The van der Waals surface area contributed by atoms with Gasteiger partial charge in [-0.25, -0.2) is 0 Å². The van der Waals surface area contributed by atoms with Crippen LogP contribution in [0.15, 0.2) is 18.2 Å². The zero-order chi connectivity index (χ0) is 12.8. The highest BCUT2D eigenvalue weighted by Gasteiger charge is 2.42. The molecule has 1 aliphatic carbocycles. The minimum atomic E-state index is -0.0164. The number of carbonyl (C=O) groups excluding carboxylic acids is 1. The van der Waals surface area contributed by atoms with Gasteiger partial charge >= 0.3 is 0 Å². The molecule has 4 nitrogen and oxygen atoms in total. The Kier molecular flexibility index (Phi) is 2.64. The van der Waals surface area contributed by atoms with Gasteiger partial charge in [0.15, 0.2) is 0 Å². The number of rotatable bonds is 3. The number of fused-ring (bicyclic) bond motifs is 1. The molecular formula is C14H19N3O. The molecule has 0 saturated heterocycles. The molecule has 1 atom stereocenters. The van der Waals surface area contributed by atoms with Crippen LogP contribution in [-0.2, 0) is 11.2 Å². The lowest BCUT2D eigenvalue weighted by atomic mass is 9.62. The van der Waals surface area contributed by atoms with Crippen LogP contribution in [0.2, 0.25) is 0 Å². The average molecular weight is 245 g/mol. The van der Waals surface area contributed by atoms with E-state index in [1.165, 1.54) is 6.42 Å². The molecular weight excluding hydrogens is 226 g/mol. The van der Waals surface area contributed by atoms with Crippen LogP contribution in [0.1, 0.15) is 36.4 Å². The zero-order valence-corrected chi connectivity index (χ0v) is 10.4. The van der Waals surface area contributed by atoms with E-state index in [1.807, 2.05) is 12.1 Å². The number of hydrogen-bond donors (Lipinski definition) is 3. The predicted octanol–water partition coefficient (Wildman–Crippen LogP) is 1.31. The van der Waals surface area contributed by atoms with Crippen molar-refractivity contribution in [3.8, 4) is 0 Å². The summed E-state index contributed by atoms with van der Waals surface area (Å²) < 4.78 is 0. The van der Waals surface area contributed by atoms with Crippen molar-refractivity contribution in [2.75, 3.05) is 11.9 Å². The van der Waals surface area contributed by atoms with E-state index in [0.29, 0.717) is 13.0 Å². The summed E-state index contributed by atoms with van der Waals surface area (Å²) in [6.45, 7) is 0.641. The summed E-state index contributed by atoms with van der Waals surface area (Å²) in [7, 11) is 0. The average Bonchev–Trinajstić information content (AvgIpc) is 2.67. The standard InChI is InChI=1S/C14H19N3O/c15-8-14(4-1-5-14)13(16)9-2-3-11-10(6-9)7-12(18)17-11/h2-3,6,13H,1,4-5,7-8,15-16H2,(H,17,18). The molecule has 0 aromatic heterocycles. The fourth-order valence-corrected chi connectivity index (χ4v) is 3.07. The lowest BCUT2D eigenvalue weighted by Crippen LogP contribution is -2.46. The highest BCUT2D eigenvalue weighted by Crippen LogP contribution is 2.48. The van der Waals surface area contributed by atoms with Gasteiger partial charge in [-0.3, -0.25) is 4.79 Å². The minimum absolute atomic E-state index is 0.0164. The van der Waals surface area contributed by atoms with E-state index < -0.39 is 0 Å². The summed E-state index contributed by atoms with van der Waals surface area (Å²) in [4.78, 5) is 11.3. The second-order valence-corrected chi connectivity index (χ2v) is 5.54. The van der Waals surface area contributed by atoms with Crippen molar-refractivity contribution >= 4 is 11.6 Å². The molecule has 3 rings (SSSR count). The highest BCUT2D eigenvalue weighted by atomic mass is 16.1. The van der Waals surface area contributed by atoms with Crippen molar-refractivity contribution in [1.82, 2.24) is 0 Å². The lowest BCUT2D eigenvalue weighted by molar-refractivity contribution is -0.115. The Hall–Kier alpha value is -1.39. The summed E-state index contributed by atoms with van der Waals surface area (Å²) in [6, 6.07) is 6.02. The lowest BCUT2D eigenvalue weighted by Gasteiger charge is -2.45. The van der Waals surface area contributed by atoms with Gasteiger partial charge in [0, 0.05) is 17.1 Å². The Bertz CT molecular complexity index is 488. The quantitative estimate of drug-likeness (QED) is 0.751. The van der Waals surface area contributed by atoms with Crippen molar-refractivity contribution in [2.24, 2.45) is 16.9 Å². The van der Waals surface area contributed by atoms with Gasteiger partial charge in [-0.05, 0) is 36.6 Å². The largest absolute Gasteiger partial charge is 0.330 e. The smallest absolute Gasteiger partial charge is 0.228 e. The molecule has 2 aliphatic rings. The van der Waals surface area contributed by atoms with Crippen molar-refractivity contribution in [3.05, 3.63) is 29.3 Å². The molecule has 0 radical (unpaired) electrons. The number of nitrogens with one attached hydrogen (secondary N) is 1. The summed E-state index contributed by atoms with van der Waals surface area (Å²) in [6.07, 6.45) is 3.90. The number of amides is 1. The molecule has 96 valence electrons. The number of anilines is 1. The van der Waals surface area contributed by atoms with Crippen LogP contribution in [0, 0.1) is 5.41 Å². The van der Waals surface area contributed by atoms with E-state index in [0.717, 1.165) is 29.7 Å². The van der Waals surface area contributed by atoms with E-state index in [1.54, 1.807) is 0 Å². The Morgan fingerprint density at radius 2 is 2.17 bits per heavy atom. The van der Waals surface area contributed by atoms with Crippen LogP contribution in [-0.4, -0.2) is 12.5 Å². The zero-order valence-electron chi connectivity index (χ0n) is 10.4. The first kappa shape index (κ1) is 11.7. The van der Waals surface area contributed by atoms with Crippen LogP contribution >= 0.6 is 0 Å². The molecule has 18 heavy (non-hydrogen) atoms. The van der Waals surface area contributed by atoms with Crippen LogP contribution in [0.5, 0.6) is 0 Å². The van der Waals surface area contributed by atoms with Crippen LogP contribution in [0.25, 0.3) is 0 Å². The third kappa shape index (κ3) is 1.64. The van der Waals surface area contributed by atoms with Crippen LogP contribution < -0.4 is 16.8 Å². The molecule has 1 heterocycles. The van der Waals surface area contributed by atoms with E-state index in [9.17, 15) is 4.79 Å². The number of hydrogen-bond acceptors (Lipinski definition) is 3. The van der Waals surface area contributed by atoms with Gasteiger partial charge in [-0.2, -0.15) is 0 Å². The van der Waals surface area contributed by atoms with Crippen molar-refractivity contribution in [2.45, 2.75) is 31.7 Å². The van der Waals surface area contributed by atoms with Crippen molar-refractivity contribution in [1.29, 1.82) is 0 Å². The SMILES string of the molecule is NCC1(C(N)c2ccc3c(c2)CC(=O)N3)CCC1. The van der Waals surface area contributed by atoms with Gasteiger partial charge in [-0.15, -0.1) is 0 Å². The third-order valence-corrected chi connectivity index (χ3v) is 4.53. The van der Waals surface area contributed by atoms with E-state index in [4.69, 9.17) is 11.5 Å². The molecule has 1 aromatic carbocycles. The van der Waals surface area contributed by atoms with E-state index in [-0.39, 0.29) is 17.4 Å². The van der Waals surface area contributed by atoms with Crippen LogP contribution in [0.3, 0.4) is 0 Å². The maximum absolute atomic E-state index is 11.3. The first-order valence-corrected chi connectivity index (χ1v) is 6.53. The van der Waals surface area contributed by atoms with Gasteiger partial charge < -0.3 is 16.8 Å². The maximum Gasteiger partial charge on any atom is 0.228 e. The topological polar surface area (TPSA) is 81.1 Å². The van der Waals surface area contributed by atoms with Crippen LogP contribution in [0.4, 0.5) is 5.69 Å². The Morgan fingerprint density at radius 3 is 2.78 bits per heavy atom. The normalized spacial score (nSPS) is 22.0. The molecule has 0 bridgehead atoms. The van der Waals surface area contributed by atoms with E-state index in [2.05, 4.69) is 11.4 Å². The number of nitrogens with two attached hydrogens (primary N) is 2.